The van der Waals surface area contributed by atoms with Crippen molar-refractivity contribution in [3.05, 3.63) is 46.6 Å². The molecule has 0 saturated heterocycles. The van der Waals surface area contributed by atoms with E-state index in [2.05, 4.69) is 4.98 Å². The number of hydrogen-bond donors (Lipinski definition) is 1. The number of benzene rings is 1. The van der Waals surface area contributed by atoms with E-state index < -0.39 is 10.0 Å². The summed E-state index contributed by atoms with van der Waals surface area (Å²) in [6.07, 6.45) is 0.628. The van der Waals surface area contributed by atoms with Crippen LogP contribution >= 0.6 is 23.7 Å². The van der Waals surface area contributed by atoms with Crippen LogP contribution in [0.1, 0.15) is 22.7 Å². The molecule has 0 radical (unpaired) electrons. The molecule has 0 aliphatic rings. The lowest BCUT2D eigenvalue weighted by molar-refractivity contribution is 0.402. The Hall–Kier alpha value is -0.990. The molecule has 1 aromatic heterocycles. The number of aryl methyl sites for hydroxylation is 2. The minimum atomic E-state index is -3.55. The summed E-state index contributed by atoms with van der Waals surface area (Å²) in [5.74, 6) is 0. The lowest BCUT2D eigenvalue weighted by Gasteiger charge is -2.21. The first kappa shape index (κ1) is 20.1. The van der Waals surface area contributed by atoms with Crippen molar-refractivity contribution in [3.8, 4) is 0 Å². The van der Waals surface area contributed by atoms with Crippen LogP contribution in [0.15, 0.2) is 34.5 Å². The van der Waals surface area contributed by atoms with Gasteiger partial charge in [-0.25, -0.2) is 13.4 Å². The third-order valence-electron chi connectivity index (χ3n) is 3.25. The highest BCUT2D eigenvalue weighted by atomic mass is 35.5. The predicted molar refractivity (Wildman–Crippen MR) is 96.5 cm³/mol. The van der Waals surface area contributed by atoms with Crippen LogP contribution in [-0.2, 0) is 16.6 Å². The van der Waals surface area contributed by atoms with Crippen molar-refractivity contribution in [2.75, 3.05) is 13.1 Å². The second-order valence-corrected chi connectivity index (χ2v) is 8.41. The summed E-state index contributed by atoms with van der Waals surface area (Å²) >= 11 is 1.22. The number of halogens is 1. The van der Waals surface area contributed by atoms with Crippen molar-refractivity contribution in [1.82, 2.24) is 9.29 Å². The van der Waals surface area contributed by atoms with Crippen LogP contribution in [0.2, 0.25) is 0 Å². The number of rotatable bonds is 7. The van der Waals surface area contributed by atoms with Gasteiger partial charge in [-0.15, -0.1) is 23.7 Å². The summed E-state index contributed by atoms with van der Waals surface area (Å²) in [6.45, 7) is 4.77. The van der Waals surface area contributed by atoms with Crippen LogP contribution < -0.4 is 5.73 Å². The maximum Gasteiger partial charge on any atom is 0.254 e. The van der Waals surface area contributed by atoms with Gasteiger partial charge in [0.1, 0.15) is 0 Å². The first-order valence-electron chi connectivity index (χ1n) is 7.13. The number of nitrogens with zero attached hydrogens (tertiary/aromatic N) is 2. The van der Waals surface area contributed by atoms with Gasteiger partial charge in [0.15, 0.2) is 4.21 Å². The van der Waals surface area contributed by atoms with Gasteiger partial charge in [-0.05, 0) is 32.4 Å². The molecule has 0 saturated carbocycles. The highest BCUT2D eigenvalue weighted by Gasteiger charge is 2.28. The van der Waals surface area contributed by atoms with E-state index in [1.54, 1.807) is 6.92 Å². The van der Waals surface area contributed by atoms with E-state index in [9.17, 15) is 8.42 Å². The van der Waals surface area contributed by atoms with Gasteiger partial charge in [0.05, 0.1) is 10.7 Å². The van der Waals surface area contributed by atoms with Crippen LogP contribution in [0.4, 0.5) is 0 Å². The van der Waals surface area contributed by atoms with Crippen molar-refractivity contribution in [2.45, 2.75) is 31.0 Å². The van der Waals surface area contributed by atoms with Crippen LogP contribution in [-0.4, -0.2) is 30.8 Å². The number of thiazole rings is 1. The summed E-state index contributed by atoms with van der Waals surface area (Å²) in [5.41, 5.74) is 7.08. The van der Waals surface area contributed by atoms with Crippen molar-refractivity contribution in [1.29, 1.82) is 0 Å². The Morgan fingerprint density at radius 1 is 1.22 bits per heavy atom. The molecule has 1 aromatic carbocycles. The molecule has 2 rings (SSSR count). The zero-order chi connectivity index (χ0) is 16.2. The molecule has 0 unspecified atom stereocenters. The molecule has 5 nitrogen and oxygen atoms in total. The minimum Gasteiger partial charge on any atom is -0.330 e. The van der Waals surface area contributed by atoms with Crippen molar-refractivity contribution in [3.63, 3.8) is 0 Å². The fourth-order valence-corrected chi connectivity index (χ4v) is 5.29. The van der Waals surface area contributed by atoms with E-state index in [1.807, 2.05) is 37.3 Å². The summed E-state index contributed by atoms with van der Waals surface area (Å²) < 4.78 is 27.7. The zero-order valence-electron chi connectivity index (χ0n) is 13.2. The Morgan fingerprint density at radius 2 is 1.87 bits per heavy atom. The molecular weight excluding hydrogens is 354 g/mol. The van der Waals surface area contributed by atoms with E-state index in [0.29, 0.717) is 36.0 Å². The van der Waals surface area contributed by atoms with Crippen molar-refractivity contribution < 1.29 is 8.42 Å². The molecule has 0 atom stereocenters. The standard InChI is InChI=1S/C15H21N3O2S2.ClH/c1-12-15(21-13(2)17-12)22(19,20)18(10-6-9-16)11-14-7-4-3-5-8-14;/h3-5,7-8H,6,9-11,16H2,1-2H3;1H. The third kappa shape index (κ3) is 4.99. The van der Waals surface area contributed by atoms with Gasteiger partial charge in [-0.1, -0.05) is 30.3 Å². The van der Waals surface area contributed by atoms with Gasteiger partial charge in [-0.2, -0.15) is 4.31 Å². The van der Waals surface area contributed by atoms with Crippen molar-refractivity contribution in [2.24, 2.45) is 5.73 Å². The van der Waals surface area contributed by atoms with Gasteiger partial charge >= 0.3 is 0 Å². The second-order valence-electron chi connectivity index (χ2n) is 5.07. The number of aromatic nitrogens is 1. The van der Waals surface area contributed by atoms with E-state index >= 15 is 0 Å². The second kappa shape index (κ2) is 8.75. The first-order chi connectivity index (χ1) is 10.4. The van der Waals surface area contributed by atoms with Gasteiger partial charge in [0.25, 0.3) is 10.0 Å². The molecule has 1 heterocycles. The van der Waals surface area contributed by atoms with Gasteiger partial charge in [0.2, 0.25) is 0 Å². The lowest BCUT2D eigenvalue weighted by Crippen LogP contribution is -2.32. The third-order valence-corrected chi connectivity index (χ3v) is 6.75. The minimum absolute atomic E-state index is 0. The highest BCUT2D eigenvalue weighted by molar-refractivity contribution is 7.91. The Kier molecular flexibility index (Phi) is 7.63. The summed E-state index contributed by atoms with van der Waals surface area (Å²) in [6, 6.07) is 9.58. The van der Waals surface area contributed by atoms with E-state index in [1.165, 1.54) is 15.6 Å². The van der Waals surface area contributed by atoms with Gasteiger partial charge in [-0.3, -0.25) is 0 Å². The largest absolute Gasteiger partial charge is 0.330 e. The maximum absolute atomic E-state index is 12.9. The SMILES string of the molecule is Cc1nc(C)c(S(=O)(=O)N(CCCN)Cc2ccccc2)s1.Cl. The van der Waals surface area contributed by atoms with E-state index in [0.717, 1.165) is 10.6 Å². The number of hydrogen-bond acceptors (Lipinski definition) is 5. The number of nitrogens with two attached hydrogens (primary N) is 1. The molecule has 0 amide bonds. The number of sulfonamides is 1. The molecule has 0 aliphatic heterocycles. The Morgan fingerprint density at radius 3 is 2.39 bits per heavy atom. The summed E-state index contributed by atoms with van der Waals surface area (Å²) in [4.78, 5) is 4.24. The monoisotopic (exact) mass is 375 g/mol. The molecule has 128 valence electrons. The van der Waals surface area contributed by atoms with Crippen molar-refractivity contribution >= 4 is 33.8 Å². The molecule has 0 bridgehead atoms. The highest BCUT2D eigenvalue weighted by Crippen LogP contribution is 2.27. The molecule has 2 aromatic rings. The summed E-state index contributed by atoms with van der Waals surface area (Å²) in [7, 11) is -3.55. The Balaban J connectivity index is 0.00000264. The van der Waals surface area contributed by atoms with Gasteiger partial charge in [0, 0.05) is 13.1 Å². The van der Waals surface area contributed by atoms with Gasteiger partial charge < -0.3 is 5.73 Å². The quantitative estimate of drug-likeness (QED) is 0.807. The first-order valence-corrected chi connectivity index (χ1v) is 9.39. The smallest absolute Gasteiger partial charge is 0.254 e. The average Bonchev–Trinajstić information content (AvgIpc) is 2.84. The average molecular weight is 376 g/mol. The van der Waals surface area contributed by atoms with E-state index in [4.69, 9.17) is 5.73 Å². The molecule has 0 aliphatic carbocycles. The molecule has 2 N–H and O–H groups in total. The van der Waals surface area contributed by atoms with Crippen LogP contribution in [0.5, 0.6) is 0 Å². The fourth-order valence-electron chi connectivity index (χ4n) is 2.21. The molecular formula is C15H22ClN3O2S2. The zero-order valence-corrected chi connectivity index (χ0v) is 15.7. The summed E-state index contributed by atoms with van der Waals surface area (Å²) in [5, 5.41) is 0.759. The Labute approximate surface area is 148 Å². The fraction of sp³-hybridized carbons (Fsp3) is 0.400. The van der Waals surface area contributed by atoms with Crippen LogP contribution in [0, 0.1) is 13.8 Å². The van der Waals surface area contributed by atoms with Crippen LogP contribution in [0.3, 0.4) is 0 Å². The maximum atomic E-state index is 12.9. The molecule has 0 fully saturated rings. The van der Waals surface area contributed by atoms with E-state index in [-0.39, 0.29) is 12.4 Å². The molecule has 8 heteroatoms. The molecule has 0 spiro atoms. The topological polar surface area (TPSA) is 76.3 Å². The predicted octanol–water partition coefficient (Wildman–Crippen LogP) is 2.72. The van der Waals surface area contributed by atoms with Crippen LogP contribution in [0.25, 0.3) is 0 Å². The lowest BCUT2D eigenvalue weighted by atomic mass is 10.2. The normalized spacial score (nSPS) is 11.5. The molecule has 23 heavy (non-hydrogen) atoms. The Bertz CT molecular complexity index is 718.